The molecule has 0 amide bonds. The van der Waals surface area contributed by atoms with Gasteiger partial charge in [0.25, 0.3) is 0 Å². The van der Waals surface area contributed by atoms with E-state index in [2.05, 4.69) is 4.90 Å². The molecule has 2 rings (SSSR count). The van der Waals surface area contributed by atoms with Crippen molar-refractivity contribution < 1.29 is 9.53 Å². The van der Waals surface area contributed by atoms with Crippen LogP contribution in [0, 0.1) is 0 Å². The van der Waals surface area contributed by atoms with Crippen molar-refractivity contribution in [3.05, 3.63) is 19.3 Å². The van der Waals surface area contributed by atoms with E-state index in [9.17, 15) is 4.79 Å². The number of ether oxygens (including phenoxy) is 1. The smallest absolute Gasteiger partial charge is 0.175 e. The van der Waals surface area contributed by atoms with Crippen molar-refractivity contribution >= 4 is 64.3 Å². The van der Waals surface area contributed by atoms with Crippen LogP contribution < -0.4 is 0 Å². The second-order valence-corrected chi connectivity index (χ2v) is 6.34. The molecule has 1 fully saturated rings. The molecule has 0 bridgehead atoms. The number of carbonyl (C=O) groups is 1. The monoisotopic (exact) mass is 363 g/mol. The quantitative estimate of drug-likeness (QED) is 0.755. The molecule has 2 heterocycles. The summed E-state index contributed by atoms with van der Waals surface area (Å²) in [6.45, 7) is 3.91. The maximum atomic E-state index is 12.0. The van der Waals surface area contributed by atoms with Crippen LogP contribution in [0.25, 0.3) is 0 Å². The Bertz CT molecular complexity index is 446. The molecule has 0 atom stereocenters. The average molecular weight is 365 g/mol. The van der Waals surface area contributed by atoms with Crippen molar-refractivity contribution in [2.24, 2.45) is 0 Å². The standard InChI is InChI=1S/C11H12Cl3NO2S.ClH/c12-8-9(13)11(14)18-10(8)7(16)1-2-15-3-5-17-6-4-15;/h1-6H2;1H. The molecule has 8 heteroatoms. The van der Waals surface area contributed by atoms with Crippen LogP contribution >= 0.6 is 58.5 Å². The van der Waals surface area contributed by atoms with E-state index in [1.54, 1.807) is 0 Å². The predicted molar refractivity (Wildman–Crippen MR) is 82.8 cm³/mol. The van der Waals surface area contributed by atoms with Crippen LogP contribution in [0.15, 0.2) is 0 Å². The maximum Gasteiger partial charge on any atom is 0.175 e. The summed E-state index contributed by atoms with van der Waals surface area (Å²) in [5, 5.41) is 0.553. The number of Topliss-reactive ketones (excluding diaryl/α,β-unsaturated/α-hetero) is 1. The van der Waals surface area contributed by atoms with Gasteiger partial charge in [0.1, 0.15) is 4.34 Å². The number of nitrogens with zero attached hydrogens (tertiary/aromatic N) is 1. The first-order valence-electron chi connectivity index (χ1n) is 5.56. The summed E-state index contributed by atoms with van der Waals surface area (Å²) >= 11 is 18.8. The van der Waals surface area contributed by atoms with E-state index in [1.807, 2.05) is 0 Å². The van der Waals surface area contributed by atoms with E-state index in [-0.39, 0.29) is 28.2 Å². The van der Waals surface area contributed by atoms with Gasteiger partial charge in [-0.1, -0.05) is 34.8 Å². The first-order valence-corrected chi connectivity index (χ1v) is 7.51. The van der Waals surface area contributed by atoms with Crippen LogP contribution in [0.4, 0.5) is 0 Å². The van der Waals surface area contributed by atoms with Crippen LogP contribution in [0.3, 0.4) is 0 Å². The van der Waals surface area contributed by atoms with Gasteiger partial charge in [-0.15, -0.1) is 23.7 Å². The molecule has 19 heavy (non-hydrogen) atoms. The van der Waals surface area contributed by atoms with Gasteiger partial charge in [0.15, 0.2) is 5.78 Å². The van der Waals surface area contributed by atoms with Crippen molar-refractivity contribution in [2.45, 2.75) is 6.42 Å². The van der Waals surface area contributed by atoms with Crippen LogP contribution in [-0.2, 0) is 4.74 Å². The molecular formula is C11H13Cl4NO2S. The Kier molecular flexibility index (Phi) is 7.40. The molecule has 0 N–H and O–H groups in total. The molecule has 1 aromatic heterocycles. The van der Waals surface area contributed by atoms with Gasteiger partial charge in [-0.3, -0.25) is 9.69 Å². The molecule has 0 spiro atoms. The van der Waals surface area contributed by atoms with E-state index in [1.165, 1.54) is 0 Å². The Labute approximate surface area is 137 Å². The Morgan fingerprint density at radius 2 is 1.84 bits per heavy atom. The highest BCUT2D eigenvalue weighted by Crippen LogP contribution is 2.40. The highest BCUT2D eigenvalue weighted by atomic mass is 35.5. The summed E-state index contributed by atoms with van der Waals surface area (Å²) in [4.78, 5) is 14.7. The average Bonchev–Trinajstić information content (AvgIpc) is 2.65. The second-order valence-electron chi connectivity index (χ2n) is 3.96. The minimum atomic E-state index is -0.00899. The zero-order chi connectivity index (χ0) is 13.1. The maximum absolute atomic E-state index is 12.0. The third-order valence-electron chi connectivity index (χ3n) is 2.77. The van der Waals surface area contributed by atoms with Crippen molar-refractivity contribution in [1.82, 2.24) is 4.90 Å². The van der Waals surface area contributed by atoms with Gasteiger partial charge in [0.05, 0.1) is 28.1 Å². The number of carbonyl (C=O) groups excluding carboxylic acids is 1. The molecule has 1 aliphatic rings. The largest absolute Gasteiger partial charge is 0.379 e. The lowest BCUT2D eigenvalue weighted by molar-refractivity contribution is 0.0370. The molecule has 0 saturated carbocycles. The molecular weight excluding hydrogens is 352 g/mol. The van der Waals surface area contributed by atoms with Crippen molar-refractivity contribution in [2.75, 3.05) is 32.8 Å². The number of thiophene rings is 1. The van der Waals surface area contributed by atoms with E-state index in [4.69, 9.17) is 39.5 Å². The molecule has 1 saturated heterocycles. The molecule has 3 nitrogen and oxygen atoms in total. The lowest BCUT2D eigenvalue weighted by Crippen LogP contribution is -2.37. The van der Waals surface area contributed by atoms with Gasteiger partial charge in [0.2, 0.25) is 0 Å². The third-order valence-corrected chi connectivity index (χ3v) is 5.38. The van der Waals surface area contributed by atoms with E-state index in [0.29, 0.717) is 22.2 Å². The summed E-state index contributed by atoms with van der Waals surface area (Å²) in [5.41, 5.74) is 0. The van der Waals surface area contributed by atoms with Crippen LogP contribution in [0.5, 0.6) is 0 Å². The van der Waals surface area contributed by atoms with Crippen LogP contribution in [-0.4, -0.2) is 43.5 Å². The fraction of sp³-hybridized carbons (Fsp3) is 0.545. The number of hydrogen-bond acceptors (Lipinski definition) is 4. The van der Waals surface area contributed by atoms with Crippen molar-refractivity contribution in [3.8, 4) is 0 Å². The Balaban J connectivity index is 0.00000180. The van der Waals surface area contributed by atoms with Gasteiger partial charge in [-0.2, -0.15) is 0 Å². The lowest BCUT2D eigenvalue weighted by atomic mass is 10.2. The molecule has 1 aromatic rings. The molecule has 108 valence electrons. The van der Waals surface area contributed by atoms with Gasteiger partial charge in [0, 0.05) is 26.1 Å². The highest BCUT2D eigenvalue weighted by molar-refractivity contribution is 7.19. The number of halogens is 4. The van der Waals surface area contributed by atoms with Crippen molar-refractivity contribution in [1.29, 1.82) is 0 Å². The van der Waals surface area contributed by atoms with E-state index >= 15 is 0 Å². The molecule has 0 radical (unpaired) electrons. The fourth-order valence-electron chi connectivity index (χ4n) is 1.74. The molecule has 0 aromatic carbocycles. The first-order chi connectivity index (χ1) is 8.59. The predicted octanol–water partition coefficient (Wildman–Crippen LogP) is 4.04. The number of hydrogen-bond donors (Lipinski definition) is 0. The highest BCUT2D eigenvalue weighted by Gasteiger charge is 2.20. The van der Waals surface area contributed by atoms with Gasteiger partial charge in [-0.05, 0) is 0 Å². The molecule has 0 aliphatic carbocycles. The van der Waals surface area contributed by atoms with E-state index in [0.717, 1.165) is 37.6 Å². The summed E-state index contributed by atoms with van der Waals surface area (Å²) in [6.07, 6.45) is 0.424. The number of morpholine rings is 1. The Morgan fingerprint density at radius 1 is 1.21 bits per heavy atom. The van der Waals surface area contributed by atoms with Gasteiger partial charge in [-0.25, -0.2) is 0 Å². The third kappa shape index (κ3) is 4.46. The summed E-state index contributed by atoms with van der Waals surface area (Å²) in [5.74, 6) is -0.00899. The minimum absolute atomic E-state index is 0. The minimum Gasteiger partial charge on any atom is -0.379 e. The van der Waals surface area contributed by atoms with Crippen LogP contribution in [0.1, 0.15) is 16.1 Å². The van der Waals surface area contributed by atoms with Crippen molar-refractivity contribution in [3.63, 3.8) is 0 Å². The second kappa shape index (κ2) is 8.03. The number of rotatable bonds is 4. The topological polar surface area (TPSA) is 29.5 Å². The molecule has 1 aliphatic heterocycles. The molecule has 0 unspecified atom stereocenters. The van der Waals surface area contributed by atoms with Gasteiger partial charge >= 0.3 is 0 Å². The van der Waals surface area contributed by atoms with E-state index < -0.39 is 0 Å². The van der Waals surface area contributed by atoms with Gasteiger partial charge < -0.3 is 4.74 Å². The summed E-state index contributed by atoms with van der Waals surface area (Å²) in [7, 11) is 0. The lowest BCUT2D eigenvalue weighted by Gasteiger charge is -2.26. The fourth-order valence-corrected chi connectivity index (χ4v) is 3.53. The number of ketones is 1. The Morgan fingerprint density at radius 3 is 2.37 bits per heavy atom. The van der Waals surface area contributed by atoms with Crippen LogP contribution in [0.2, 0.25) is 14.4 Å². The summed E-state index contributed by atoms with van der Waals surface area (Å²) in [6, 6.07) is 0. The Hall–Kier alpha value is 0.450. The normalized spacial score (nSPS) is 16.2. The zero-order valence-corrected chi connectivity index (χ0v) is 13.9. The zero-order valence-electron chi connectivity index (χ0n) is 9.96. The SMILES string of the molecule is Cl.O=C(CCN1CCOCC1)c1sc(Cl)c(Cl)c1Cl. The summed E-state index contributed by atoms with van der Waals surface area (Å²) < 4.78 is 5.62. The first kappa shape index (κ1) is 17.5.